The highest BCUT2D eigenvalue weighted by molar-refractivity contribution is 7.93. The Bertz CT molecular complexity index is 746. The minimum absolute atomic E-state index is 0.0821. The predicted octanol–water partition coefficient (Wildman–Crippen LogP) is 3.52. The van der Waals surface area contributed by atoms with Crippen LogP contribution in [-0.2, 0) is 10.0 Å². The fourth-order valence-corrected chi connectivity index (χ4v) is 3.36. The van der Waals surface area contributed by atoms with Gasteiger partial charge in [0.2, 0.25) is 0 Å². The van der Waals surface area contributed by atoms with Crippen LogP contribution in [0.4, 0.5) is 15.8 Å². The third-order valence-corrected chi connectivity index (χ3v) is 4.45. The lowest BCUT2D eigenvalue weighted by molar-refractivity contribution is 0.572. The van der Waals surface area contributed by atoms with Gasteiger partial charge >= 0.3 is 0 Å². The molecule has 106 valence electrons. The summed E-state index contributed by atoms with van der Waals surface area (Å²) in [7, 11) is -4.19. The molecule has 0 saturated carbocycles. The maximum absolute atomic E-state index is 13.7. The van der Waals surface area contributed by atoms with Crippen LogP contribution in [0.3, 0.4) is 0 Å². The largest absolute Gasteiger partial charge is 0.398 e. The molecule has 0 unspecified atom stereocenters. The highest BCUT2D eigenvalue weighted by Gasteiger charge is 2.23. The fraction of sp³-hybridized carbons (Fsp3) is 0. The molecule has 0 aliphatic rings. The van der Waals surface area contributed by atoms with E-state index >= 15 is 0 Å². The van der Waals surface area contributed by atoms with Crippen molar-refractivity contribution in [3.63, 3.8) is 0 Å². The van der Waals surface area contributed by atoms with Gasteiger partial charge in [0.1, 0.15) is 10.7 Å². The van der Waals surface area contributed by atoms with Crippen molar-refractivity contribution in [2.24, 2.45) is 0 Å². The van der Waals surface area contributed by atoms with Gasteiger partial charge in [-0.15, -0.1) is 0 Å². The lowest BCUT2D eigenvalue weighted by Crippen LogP contribution is -2.16. The molecule has 4 nitrogen and oxygen atoms in total. The number of hydrogen-bond acceptors (Lipinski definition) is 3. The van der Waals surface area contributed by atoms with Gasteiger partial charge in [0.25, 0.3) is 10.0 Å². The minimum atomic E-state index is -4.19. The molecular weight excluding hydrogens is 326 g/mol. The molecule has 20 heavy (non-hydrogen) atoms. The molecule has 0 fully saturated rings. The number of rotatable bonds is 3. The summed E-state index contributed by atoms with van der Waals surface area (Å²) in [4.78, 5) is -0.619. The van der Waals surface area contributed by atoms with Gasteiger partial charge in [0.05, 0.1) is 16.4 Å². The first-order chi connectivity index (χ1) is 9.31. The van der Waals surface area contributed by atoms with Gasteiger partial charge in [0.15, 0.2) is 0 Å². The lowest BCUT2D eigenvalue weighted by atomic mass is 10.3. The SMILES string of the molecule is Nc1cccc(F)c1S(=O)(=O)Nc1ccc(Cl)cc1Cl. The molecule has 0 atom stereocenters. The van der Waals surface area contributed by atoms with Crippen LogP contribution in [-0.4, -0.2) is 8.42 Å². The Balaban J connectivity index is 2.46. The molecule has 0 aliphatic heterocycles. The Morgan fingerprint density at radius 2 is 1.85 bits per heavy atom. The van der Waals surface area contributed by atoms with E-state index in [1.807, 2.05) is 0 Å². The maximum atomic E-state index is 13.7. The van der Waals surface area contributed by atoms with Gasteiger partial charge in [0, 0.05) is 5.02 Å². The van der Waals surface area contributed by atoms with Gasteiger partial charge in [-0.1, -0.05) is 29.3 Å². The van der Waals surface area contributed by atoms with E-state index in [0.717, 1.165) is 6.07 Å². The summed E-state index contributed by atoms with van der Waals surface area (Å²) in [5.74, 6) is -0.942. The number of nitrogens with two attached hydrogens (primary N) is 1. The Labute approximate surface area is 125 Å². The van der Waals surface area contributed by atoms with E-state index in [1.165, 1.54) is 30.3 Å². The summed E-state index contributed by atoms with van der Waals surface area (Å²) in [6, 6.07) is 7.81. The molecule has 0 spiro atoms. The Kier molecular flexibility index (Phi) is 4.08. The van der Waals surface area contributed by atoms with Crippen molar-refractivity contribution < 1.29 is 12.8 Å². The highest BCUT2D eigenvalue weighted by atomic mass is 35.5. The average molecular weight is 335 g/mol. The second-order valence-corrected chi connectivity index (χ2v) is 6.35. The van der Waals surface area contributed by atoms with Crippen LogP contribution >= 0.6 is 23.2 Å². The minimum Gasteiger partial charge on any atom is -0.398 e. The molecule has 0 radical (unpaired) electrons. The Morgan fingerprint density at radius 1 is 1.15 bits per heavy atom. The zero-order chi connectivity index (χ0) is 14.9. The number of hydrogen-bond donors (Lipinski definition) is 2. The van der Waals surface area contributed by atoms with Crippen LogP contribution < -0.4 is 10.5 Å². The number of nitrogen functional groups attached to an aromatic ring is 1. The van der Waals surface area contributed by atoms with Gasteiger partial charge in [-0.25, -0.2) is 12.8 Å². The lowest BCUT2D eigenvalue weighted by Gasteiger charge is -2.12. The standard InChI is InChI=1S/C12H9Cl2FN2O2S/c13-7-4-5-11(8(14)6-7)17-20(18,19)12-9(15)2-1-3-10(12)16/h1-6,17H,16H2. The smallest absolute Gasteiger partial charge is 0.266 e. The predicted molar refractivity (Wildman–Crippen MR) is 78.1 cm³/mol. The molecule has 3 N–H and O–H groups in total. The van der Waals surface area contributed by atoms with Gasteiger partial charge < -0.3 is 5.73 Å². The molecule has 8 heteroatoms. The zero-order valence-corrected chi connectivity index (χ0v) is 12.2. The second kappa shape index (κ2) is 5.47. The monoisotopic (exact) mass is 334 g/mol. The van der Waals surface area contributed by atoms with E-state index in [-0.39, 0.29) is 16.4 Å². The van der Waals surface area contributed by atoms with Crippen molar-refractivity contribution in [1.29, 1.82) is 0 Å². The van der Waals surface area contributed by atoms with E-state index < -0.39 is 20.7 Å². The molecule has 0 amide bonds. The second-order valence-electron chi connectivity index (χ2n) is 3.89. The molecule has 0 bridgehead atoms. The van der Waals surface area contributed by atoms with E-state index in [1.54, 1.807) is 0 Å². The van der Waals surface area contributed by atoms with E-state index in [9.17, 15) is 12.8 Å². The molecule has 2 aromatic rings. The fourth-order valence-electron chi connectivity index (χ4n) is 1.58. The van der Waals surface area contributed by atoms with E-state index in [0.29, 0.717) is 5.02 Å². The maximum Gasteiger partial charge on any atom is 0.266 e. The van der Waals surface area contributed by atoms with Crippen LogP contribution in [0.2, 0.25) is 10.0 Å². The number of anilines is 2. The van der Waals surface area contributed by atoms with E-state index in [2.05, 4.69) is 4.72 Å². The number of benzene rings is 2. The Morgan fingerprint density at radius 3 is 2.45 bits per heavy atom. The number of nitrogens with one attached hydrogen (secondary N) is 1. The molecule has 2 aromatic carbocycles. The molecule has 0 saturated heterocycles. The molecule has 2 rings (SSSR count). The van der Waals surface area contributed by atoms with Crippen molar-refractivity contribution in [2.45, 2.75) is 4.90 Å². The highest BCUT2D eigenvalue weighted by Crippen LogP contribution is 2.29. The first-order valence-corrected chi connectivity index (χ1v) is 7.57. The van der Waals surface area contributed by atoms with Crippen molar-refractivity contribution >= 4 is 44.6 Å². The summed E-state index contributed by atoms with van der Waals surface area (Å²) in [5, 5.41) is 0.444. The zero-order valence-electron chi connectivity index (χ0n) is 9.90. The first kappa shape index (κ1) is 14.9. The molecular formula is C12H9Cl2FN2O2S. The van der Waals surface area contributed by atoms with Crippen LogP contribution in [0.25, 0.3) is 0 Å². The summed E-state index contributed by atoms with van der Waals surface area (Å²) in [5.41, 5.74) is 5.40. The van der Waals surface area contributed by atoms with Crippen molar-refractivity contribution in [1.82, 2.24) is 0 Å². The number of sulfonamides is 1. The van der Waals surface area contributed by atoms with E-state index in [4.69, 9.17) is 28.9 Å². The van der Waals surface area contributed by atoms with Gasteiger partial charge in [-0.2, -0.15) is 0 Å². The topological polar surface area (TPSA) is 72.2 Å². The van der Waals surface area contributed by atoms with Gasteiger partial charge in [-0.3, -0.25) is 4.72 Å². The normalized spacial score (nSPS) is 11.3. The van der Waals surface area contributed by atoms with Crippen molar-refractivity contribution in [2.75, 3.05) is 10.5 Å². The third-order valence-electron chi connectivity index (χ3n) is 2.44. The van der Waals surface area contributed by atoms with Crippen LogP contribution in [0.5, 0.6) is 0 Å². The van der Waals surface area contributed by atoms with Crippen molar-refractivity contribution in [3.05, 3.63) is 52.3 Å². The summed E-state index contributed by atoms with van der Waals surface area (Å²) in [6.45, 7) is 0. The summed E-state index contributed by atoms with van der Waals surface area (Å²) in [6.07, 6.45) is 0. The number of halogens is 3. The van der Waals surface area contributed by atoms with Crippen LogP contribution in [0.15, 0.2) is 41.3 Å². The summed E-state index contributed by atoms with van der Waals surface area (Å²) >= 11 is 11.6. The molecule has 0 aromatic heterocycles. The van der Waals surface area contributed by atoms with Crippen molar-refractivity contribution in [3.8, 4) is 0 Å². The van der Waals surface area contributed by atoms with Gasteiger partial charge in [-0.05, 0) is 30.3 Å². The quantitative estimate of drug-likeness (QED) is 0.843. The average Bonchev–Trinajstić information content (AvgIpc) is 2.32. The Hall–Kier alpha value is -1.50. The first-order valence-electron chi connectivity index (χ1n) is 5.33. The summed E-state index contributed by atoms with van der Waals surface area (Å²) < 4.78 is 40.1. The third kappa shape index (κ3) is 2.98. The van der Waals surface area contributed by atoms with Crippen LogP contribution in [0.1, 0.15) is 0 Å². The van der Waals surface area contributed by atoms with Crippen LogP contribution in [0, 0.1) is 5.82 Å². The molecule has 0 aliphatic carbocycles. The molecule has 0 heterocycles.